The van der Waals surface area contributed by atoms with E-state index in [1.54, 1.807) is 18.7 Å². The third-order valence-electron chi connectivity index (χ3n) is 3.65. The van der Waals surface area contributed by atoms with Crippen molar-refractivity contribution >= 4 is 17.8 Å². The number of nitrogens with zero attached hydrogens (tertiary/aromatic N) is 1. The highest BCUT2D eigenvalue weighted by molar-refractivity contribution is 6.17. The Morgan fingerprint density at radius 3 is 2.16 bits per heavy atom. The van der Waals surface area contributed by atoms with E-state index in [2.05, 4.69) is 0 Å². The number of piperidine rings is 1. The number of carbonyl (C=O) groups excluding carboxylic acids is 3. The summed E-state index contributed by atoms with van der Waals surface area (Å²) in [6, 6.07) is 0. The second kappa shape index (κ2) is 9.44. The number of amides is 1. The lowest BCUT2D eigenvalue weighted by atomic mass is 9.89. The summed E-state index contributed by atoms with van der Waals surface area (Å²) in [6.45, 7) is 10.2. The second-order valence-electron chi connectivity index (χ2n) is 6.81. The summed E-state index contributed by atoms with van der Waals surface area (Å²) >= 11 is 0. The maximum absolute atomic E-state index is 12.6. The fourth-order valence-corrected chi connectivity index (χ4v) is 2.45. The molecule has 1 aliphatic rings. The largest absolute Gasteiger partial charge is 0.500 e. The third-order valence-corrected chi connectivity index (χ3v) is 3.65. The fraction of sp³-hybridized carbons (Fsp3) is 0.722. The molecular formula is C18H29NO6. The van der Waals surface area contributed by atoms with Crippen LogP contribution < -0.4 is 0 Å². The first-order valence-corrected chi connectivity index (χ1v) is 8.70. The normalized spacial score (nSPS) is 16.4. The third kappa shape index (κ3) is 6.76. The molecule has 25 heavy (non-hydrogen) atoms. The Morgan fingerprint density at radius 1 is 1.08 bits per heavy atom. The van der Waals surface area contributed by atoms with E-state index in [-0.39, 0.29) is 30.0 Å². The van der Waals surface area contributed by atoms with E-state index in [9.17, 15) is 14.4 Å². The van der Waals surface area contributed by atoms with Gasteiger partial charge in [-0.2, -0.15) is 0 Å². The van der Waals surface area contributed by atoms with Gasteiger partial charge in [-0.1, -0.05) is 0 Å². The minimum absolute atomic E-state index is 0.0700. The first kappa shape index (κ1) is 21.0. The van der Waals surface area contributed by atoms with E-state index in [4.69, 9.17) is 14.2 Å². The highest BCUT2D eigenvalue weighted by Crippen LogP contribution is 2.23. The maximum Gasteiger partial charge on any atom is 0.410 e. The molecular weight excluding hydrogens is 326 g/mol. The Hall–Kier alpha value is -2.05. The van der Waals surface area contributed by atoms with Crippen molar-refractivity contribution in [2.45, 2.75) is 53.1 Å². The van der Waals surface area contributed by atoms with Crippen molar-refractivity contribution in [2.24, 2.45) is 5.92 Å². The molecule has 0 aromatic rings. The number of carbonyl (C=O) groups is 3. The Morgan fingerprint density at radius 2 is 1.68 bits per heavy atom. The van der Waals surface area contributed by atoms with E-state index >= 15 is 0 Å². The number of likely N-dealkylation sites (tertiary alicyclic amines) is 1. The summed E-state index contributed by atoms with van der Waals surface area (Å²) in [5, 5.41) is 0. The van der Waals surface area contributed by atoms with Crippen LogP contribution in [0.15, 0.2) is 11.8 Å². The van der Waals surface area contributed by atoms with Gasteiger partial charge in [-0.25, -0.2) is 9.59 Å². The van der Waals surface area contributed by atoms with Crippen LogP contribution in [-0.2, 0) is 23.8 Å². The minimum atomic E-state index is -0.671. The number of rotatable bonds is 6. The van der Waals surface area contributed by atoms with Crippen molar-refractivity contribution in [3.63, 3.8) is 0 Å². The SMILES string of the molecule is CCO/C=C(/C(=O)OCC)C(=O)C1CCN(C(=O)OC(C)(C)C)CC1. The van der Waals surface area contributed by atoms with Gasteiger partial charge in [0.2, 0.25) is 0 Å². The molecule has 0 atom stereocenters. The summed E-state index contributed by atoms with van der Waals surface area (Å²) in [5.41, 5.74) is -0.624. The van der Waals surface area contributed by atoms with E-state index in [1.165, 1.54) is 6.26 Å². The standard InChI is InChI=1S/C18H29NO6/c1-6-23-12-14(16(21)24-7-2)15(20)13-8-10-19(11-9-13)17(22)25-18(3,4)5/h12-13H,6-11H2,1-5H3/b14-12+. The van der Waals surface area contributed by atoms with Gasteiger partial charge in [-0.3, -0.25) is 4.79 Å². The lowest BCUT2D eigenvalue weighted by Gasteiger charge is -2.33. The number of ether oxygens (including phenoxy) is 3. The molecule has 1 rings (SSSR count). The van der Waals surface area contributed by atoms with E-state index in [0.717, 1.165) is 0 Å². The van der Waals surface area contributed by atoms with Crippen molar-refractivity contribution in [2.75, 3.05) is 26.3 Å². The molecule has 1 amide bonds. The average Bonchev–Trinajstić information content (AvgIpc) is 2.54. The van der Waals surface area contributed by atoms with Gasteiger partial charge < -0.3 is 19.1 Å². The molecule has 0 unspecified atom stereocenters. The van der Waals surface area contributed by atoms with E-state index < -0.39 is 11.6 Å². The lowest BCUT2D eigenvalue weighted by molar-refractivity contribution is -0.141. The van der Waals surface area contributed by atoms with Gasteiger partial charge in [-0.15, -0.1) is 0 Å². The fourth-order valence-electron chi connectivity index (χ4n) is 2.45. The zero-order chi connectivity index (χ0) is 19.0. The smallest absolute Gasteiger partial charge is 0.410 e. The number of Topliss-reactive ketones (excluding diaryl/α,β-unsaturated/α-hetero) is 1. The summed E-state index contributed by atoms with van der Waals surface area (Å²) in [6.07, 6.45) is 1.75. The van der Waals surface area contributed by atoms with Crippen LogP contribution in [0.5, 0.6) is 0 Å². The van der Waals surface area contributed by atoms with Crippen LogP contribution in [0.1, 0.15) is 47.5 Å². The predicted octanol–water partition coefficient (Wildman–Crippen LogP) is 2.69. The van der Waals surface area contributed by atoms with Crippen LogP contribution in [-0.4, -0.2) is 54.7 Å². The number of esters is 1. The van der Waals surface area contributed by atoms with Crippen LogP contribution in [0.3, 0.4) is 0 Å². The van der Waals surface area contributed by atoms with Crippen LogP contribution in [0.25, 0.3) is 0 Å². The van der Waals surface area contributed by atoms with Gasteiger partial charge in [-0.05, 0) is 47.5 Å². The highest BCUT2D eigenvalue weighted by atomic mass is 16.6. The van der Waals surface area contributed by atoms with Crippen molar-refractivity contribution < 1.29 is 28.6 Å². The molecule has 1 aliphatic heterocycles. The zero-order valence-electron chi connectivity index (χ0n) is 15.8. The van der Waals surface area contributed by atoms with Crippen LogP contribution in [0.2, 0.25) is 0 Å². The molecule has 1 fully saturated rings. The monoisotopic (exact) mass is 355 g/mol. The Bertz CT molecular complexity index is 512. The van der Waals surface area contributed by atoms with Gasteiger partial charge in [0.05, 0.1) is 13.2 Å². The molecule has 1 heterocycles. The topological polar surface area (TPSA) is 82.1 Å². The molecule has 0 N–H and O–H groups in total. The minimum Gasteiger partial charge on any atom is -0.500 e. The second-order valence-corrected chi connectivity index (χ2v) is 6.81. The molecule has 0 saturated carbocycles. The highest BCUT2D eigenvalue weighted by Gasteiger charge is 2.33. The van der Waals surface area contributed by atoms with Gasteiger partial charge in [0.15, 0.2) is 5.78 Å². The molecule has 0 aliphatic carbocycles. The van der Waals surface area contributed by atoms with E-state index in [1.807, 2.05) is 20.8 Å². The van der Waals surface area contributed by atoms with Gasteiger partial charge in [0.25, 0.3) is 0 Å². The lowest BCUT2D eigenvalue weighted by Crippen LogP contribution is -2.43. The first-order chi connectivity index (χ1) is 11.7. The molecule has 0 aromatic carbocycles. The van der Waals surface area contributed by atoms with Crippen molar-refractivity contribution in [3.8, 4) is 0 Å². The molecule has 142 valence electrons. The van der Waals surface area contributed by atoms with E-state index in [0.29, 0.717) is 32.5 Å². The summed E-state index contributed by atoms with van der Waals surface area (Å²) in [4.78, 5) is 38.3. The Kier molecular flexibility index (Phi) is 7.93. The molecule has 0 bridgehead atoms. The molecule has 0 spiro atoms. The van der Waals surface area contributed by atoms with Gasteiger partial charge in [0.1, 0.15) is 17.4 Å². The quantitative estimate of drug-likeness (QED) is 0.239. The zero-order valence-corrected chi connectivity index (χ0v) is 15.8. The number of ketones is 1. The Labute approximate surface area is 149 Å². The molecule has 7 heteroatoms. The van der Waals surface area contributed by atoms with Gasteiger partial charge in [0, 0.05) is 19.0 Å². The molecule has 0 radical (unpaired) electrons. The van der Waals surface area contributed by atoms with Crippen molar-refractivity contribution in [1.82, 2.24) is 4.90 Å². The average molecular weight is 355 g/mol. The van der Waals surface area contributed by atoms with Crippen LogP contribution in [0.4, 0.5) is 4.79 Å². The number of hydrogen-bond acceptors (Lipinski definition) is 6. The predicted molar refractivity (Wildman–Crippen MR) is 91.9 cm³/mol. The summed E-state index contributed by atoms with van der Waals surface area (Å²) in [7, 11) is 0. The number of hydrogen-bond donors (Lipinski definition) is 0. The van der Waals surface area contributed by atoms with Crippen LogP contribution in [0, 0.1) is 5.92 Å². The summed E-state index contributed by atoms with van der Waals surface area (Å²) < 4.78 is 15.4. The first-order valence-electron chi connectivity index (χ1n) is 8.70. The maximum atomic E-state index is 12.6. The Balaban J connectivity index is 2.69. The van der Waals surface area contributed by atoms with Crippen LogP contribution >= 0.6 is 0 Å². The van der Waals surface area contributed by atoms with Crippen molar-refractivity contribution in [3.05, 3.63) is 11.8 Å². The summed E-state index contributed by atoms with van der Waals surface area (Å²) in [5.74, 6) is -1.30. The van der Waals surface area contributed by atoms with Gasteiger partial charge >= 0.3 is 12.1 Å². The molecule has 1 saturated heterocycles. The van der Waals surface area contributed by atoms with Crippen molar-refractivity contribution in [1.29, 1.82) is 0 Å². The molecule has 0 aromatic heterocycles. The molecule has 7 nitrogen and oxygen atoms in total.